The van der Waals surface area contributed by atoms with Crippen molar-refractivity contribution in [2.45, 2.75) is 0 Å². The summed E-state index contributed by atoms with van der Waals surface area (Å²) in [4.78, 5) is 19.8. The summed E-state index contributed by atoms with van der Waals surface area (Å²) in [6, 6.07) is 0. The first kappa shape index (κ1) is 14.5. The van der Waals surface area contributed by atoms with Gasteiger partial charge in [-0.3, -0.25) is 0 Å². The van der Waals surface area contributed by atoms with E-state index in [1.807, 2.05) is 0 Å². The molecule has 0 aromatic rings. The number of amides is 2. The van der Waals surface area contributed by atoms with Crippen molar-refractivity contribution in [1.29, 1.82) is 0 Å². The third-order valence-corrected chi connectivity index (χ3v) is 2.17. The molecule has 0 bridgehead atoms. The molecule has 3 saturated heterocycles. The van der Waals surface area contributed by atoms with Crippen LogP contribution < -0.4 is 21.3 Å². The summed E-state index contributed by atoms with van der Waals surface area (Å²) in [5.41, 5.74) is 0. The molecule has 3 aliphatic rings. The maximum absolute atomic E-state index is 9.91. The SMILES string of the molecule is C1CNCCN1.O=C1NCCO1.O=C1NCCO1. The van der Waals surface area contributed by atoms with E-state index < -0.39 is 0 Å². The minimum Gasteiger partial charge on any atom is -0.448 e. The van der Waals surface area contributed by atoms with Crippen molar-refractivity contribution in [1.82, 2.24) is 21.3 Å². The van der Waals surface area contributed by atoms with Crippen molar-refractivity contribution in [2.24, 2.45) is 0 Å². The van der Waals surface area contributed by atoms with E-state index in [1.54, 1.807) is 0 Å². The number of ether oxygens (including phenoxy) is 2. The van der Waals surface area contributed by atoms with Gasteiger partial charge < -0.3 is 30.7 Å². The van der Waals surface area contributed by atoms with Crippen LogP contribution in [0.1, 0.15) is 0 Å². The van der Waals surface area contributed by atoms with Gasteiger partial charge in [-0.2, -0.15) is 0 Å². The molecule has 0 saturated carbocycles. The number of hydrogen-bond donors (Lipinski definition) is 4. The largest absolute Gasteiger partial charge is 0.448 e. The van der Waals surface area contributed by atoms with Crippen LogP contribution in [-0.4, -0.2) is 64.7 Å². The van der Waals surface area contributed by atoms with Gasteiger partial charge >= 0.3 is 12.2 Å². The van der Waals surface area contributed by atoms with Crippen LogP contribution in [0, 0.1) is 0 Å². The van der Waals surface area contributed by atoms with Gasteiger partial charge in [0, 0.05) is 26.2 Å². The molecule has 3 heterocycles. The molecule has 0 atom stereocenters. The fourth-order valence-corrected chi connectivity index (χ4v) is 1.30. The molecule has 8 heteroatoms. The summed E-state index contributed by atoms with van der Waals surface area (Å²) in [7, 11) is 0. The molecule has 0 spiro atoms. The van der Waals surface area contributed by atoms with Crippen molar-refractivity contribution in [3.63, 3.8) is 0 Å². The Hall–Kier alpha value is -1.54. The van der Waals surface area contributed by atoms with E-state index in [2.05, 4.69) is 30.7 Å². The monoisotopic (exact) mass is 260 g/mol. The minimum atomic E-state index is -0.296. The number of carbonyl (C=O) groups is 2. The molecule has 3 aliphatic heterocycles. The fourth-order valence-electron chi connectivity index (χ4n) is 1.30. The van der Waals surface area contributed by atoms with E-state index in [0.717, 1.165) is 26.2 Å². The molecule has 4 N–H and O–H groups in total. The number of nitrogens with one attached hydrogen (secondary N) is 4. The van der Waals surface area contributed by atoms with Crippen molar-refractivity contribution in [3.8, 4) is 0 Å². The van der Waals surface area contributed by atoms with Crippen LogP contribution >= 0.6 is 0 Å². The summed E-state index contributed by atoms with van der Waals surface area (Å²) in [6.07, 6.45) is -0.593. The Morgan fingerprint density at radius 2 is 1.06 bits per heavy atom. The molecular formula is C10H20N4O4. The molecule has 2 amide bonds. The van der Waals surface area contributed by atoms with Gasteiger partial charge in [0.25, 0.3) is 0 Å². The predicted octanol–water partition coefficient (Wildman–Crippen LogP) is -1.37. The van der Waals surface area contributed by atoms with Gasteiger partial charge in [0.15, 0.2) is 0 Å². The molecule has 0 radical (unpaired) electrons. The van der Waals surface area contributed by atoms with Crippen LogP contribution in [0.2, 0.25) is 0 Å². The summed E-state index contributed by atoms with van der Waals surface area (Å²) < 4.78 is 8.81. The van der Waals surface area contributed by atoms with Crippen molar-refractivity contribution in [3.05, 3.63) is 0 Å². The second-order valence-electron chi connectivity index (χ2n) is 3.63. The molecule has 104 valence electrons. The molecule has 3 fully saturated rings. The van der Waals surface area contributed by atoms with Crippen LogP contribution in [0.15, 0.2) is 0 Å². The lowest BCUT2D eigenvalue weighted by molar-refractivity contribution is 0.177. The lowest BCUT2D eigenvalue weighted by atomic mass is 10.4. The number of cyclic esters (lactones) is 2. The van der Waals surface area contributed by atoms with Gasteiger partial charge in [-0.15, -0.1) is 0 Å². The highest BCUT2D eigenvalue weighted by Gasteiger charge is 2.06. The molecule has 0 aliphatic carbocycles. The Morgan fingerprint density at radius 1 is 0.667 bits per heavy atom. The van der Waals surface area contributed by atoms with Crippen LogP contribution in [0.5, 0.6) is 0 Å². The summed E-state index contributed by atoms with van der Waals surface area (Å²) >= 11 is 0. The van der Waals surface area contributed by atoms with E-state index in [4.69, 9.17) is 0 Å². The molecule has 0 aromatic heterocycles. The van der Waals surface area contributed by atoms with E-state index in [9.17, 15) is 9.59 Å². The first-order valence-electron chi connectivity index (χ1n) is 6.02. The zero-order valence-corrected chi connectivity index (χ0v) is 10.3. The van der Waals surface area contributed by atoms with Crippen LogP contribution in [0.3, 0.4) is 0 Å². The van der Waals surface area contributed by atoms with Crippen molar-refractivity contribution < 1.29 is 19.1 Å². The number of hydrogen-bond acceptors (Lipinski definition) is 6. The summed E-state index contributed by atoms with van der Waals surface area (Å²) in [5, 5.41) is 11.4. The number of carbonyl (C=O) groups excluding carboxylic acids is 2. The third-order valence-electron chi connectivity index (χ3n) is 2.17. The zero-order chi connectivity index (χ0) is 13.1. The highest BCUT2D eigenvalue weighted by atomic mass is 16.6. The fraction of sp³-hybridized carbons (Fsp3) is 0.800. The lowest BCUT2D eigenvalue weighted by Crippen LogP contribution is -2.39. The average molecular weight is 260 g/mol. The zero-order valence-electron chi connectivity index (χ0n) is 10.3. The second-order valence-corrected chi connectivity index (χ2v) is 3.63. The molecule has 0 aromatic carbocycles. The Kier molecular flexibility index (Phi) is 7.65. The van der Waals surface area contributed by atoms with Crippen LogP contribution in [-0.2, 0) is 9.47 Å². The third kappa shape index (κ3) is 7.69. The number of rotatable bonds is 0. The lowest BCUT2D eigenvalue weighted by Gasteiger charge is -2.11. The Bertz CT molecular complexity index is 211. The highest BCUT2D eigenvalue weighted by molar-refractivity contribution is 5.68. The smallest absolute Gasteiger partial charge is 0.407 e. The van der Waals surface area contributed by atoms with Gasteiger partial charge in [-0.05, 0) is 0 Å². The normalized spacial score (nSPS) is 21.1. The quantitative estimate of drug-likeness (QED) is 0.429. The molecular weight excluding hydrogens is 240 g/mol. The highest BCUT2D eigenvalue weighted by Crippen LogP contribution is 1.82. The standard InChI is InChI=1S/C4H10N2.2C3H5NO2/c1-2-6-4-3-5-1;2*5-3-4-1-2-6-3/h5-6H,1-4H2;2*1-2H2,(H,4,5). The van der Waals surface area contributed by atoms with Gasteiger partial charge in [-0.25, -0.2) is 9.59 Å². The predicted molar refractivity (Wildman–Crippen MR) is 64.4 cm³/mol. The average Bonchev–Trinajstić information content (AvgIpc) is 3.07. The first-order chi connectivity index (χ1) is 8.79. The maximum atomic E-state index is 9.91. The molecule has 0 unspecified atom stereocenters. The van der Waals surface area contributed by atoms with E-state index >= 15 is 0 Å². The van der Waals surface area contributed by atoms with Gasteiger partial charge in [0.1, 0.15) is 13.2 Å². The van der Waals surface area contributed by atoms with Gasteiger partial charge in [-0.1, -0.05) is 0 Å². The Balaban J connectivity index is 0.000000135. The summed E-state index contributed by atoms with van der Waals surface area (Å²) in [6.45, 7) is 6.94. The Morgan fingerprint density at radius 3 is 1.17 bits per heavy atom. The Labute approximate surface area is 106 Å². The number of piperazine rings is 1. The van der Waals surface area contributed by atoms with Gasteiger partial charge in [0.05, 0.1) is 13.1 Å². The van der Waals surface area contributed by atoms with Crippen molar-refractivity contribution in [2.75, 3.05) is 52.5 Å². The van der Waals surface area contributed by atoms with Crippen molar-refractivity contribution >= 4 is 12.2 Å². The first-order valence-corrected chi connectivity index (χ1v) is 6.02. The van der Waals surface area contributed by atoms with E-state index in [0.29, 0.717) is 26.3 Å². The topological polar surface area (TPSA) is 101 Å². The van der Waals surface area contributed by atoms with E-state index in [1.165, 1.54) is 0 Å². The molecule has 3 rings (SSSR count). The summed E-state index contributed by atoms with van der Waals surface area (Å²) in [5.74, 6) is 0. The molecule has 8 nitrogen and oxygen atoms in total. The molecule has 18 heavy (non-hydrogen) atoms. The van der Waals surface area contributed by atoms with Crippen LogP contribution in [0.4, 0.5) is 9.59 Å². The van der Waals surface area contributed by atoms with Gasteiger partial charge in [0.2, 0.25) is 0 Å². The number of alkyl carbamates (subject to hydrolysis) is 2. The maximum Gasteiger partial charge on any atom is 0.407 e. The van der Waals surface area contributed by atoms with E-state index in [-0.39, 0.29) is 12.2 Å². The second kappa shape index (κ2) is 9.49. The minimum absolute atomic E-state index is 0.296. The van der Waals surface area contributed by atoms with Crippen LogP contribution in [0.25, 0.3) is 0 Å².